The number of amides is 4. The maximum absolute atomic E-state index is 13.4. The fourth-order valence-electron chi connectivity index (χ4n) is 4.48. The second kappa shape index (κ2) is 10.1. The van der Waals surface area contributed by atoms with E-state index in [4.69, 9.17) is 4.52 Å². The van der Waals surface area contributed by atoms with Crippen molar-refractivity contribution in [3.8, 4) is 11.3 Å². The predicted molar refractivity (Wildman–Crippen MR) is 133 cm³/mol. The summed E-state index contributed by atoms with van der Waals surface area (Å²) in [7, 11) is 1.51. The number of nitrogens with one attached hydrogen (secondary N) is 1. The highest BCUT2D eigenvalue weighted by atomic mass is 19.4. The van der Waals surface area contributed by atoms with Gasteiger partial charge in [0.15, 0.2) is 12.2 Å². The van der Waals surface area contributed by atoms with E-state index in [-0.39, 0.29) is 23.6 Å². The van der Waals surface area contributed by atoms with Gasteiger partial charge in [-0.2, -0.15) is 13.2 Å². The molecule has 0 aromatic carbocycles. The SMILES string of the molecule is Cc1cc(CN2C(=O)C3C(N=CN3[C@@H](C)C(=O)Nc3cccc(-c4cncc(C(F)(F)F)c4)n3)N(C)C2=O)no1. The molecule has 1 saturated heterocycles. The van der Waals surface area contributed by atoms with Gasteiger partial charge < -0.3 is 19.6 Å². The normalized spacial score (nSPS) is 19.7. The summed E-state index contributed by atoms with van der Waals surface area (Å²) in [5, 5.41) is 6.48. The number of hydrogen-bond acceptors (Lipinski definition) is 9. The van der Waals surface area contributed by atoms with Crippen LogP contribution in [0.2, 0.25) is 0 Å². The van der Waals surface area contributed by atoms with Gasteiger partial charge in [0.05, 0.1) is 24.1 Å². The second-order valence-corrected chi connectivity index (χ2v) is 9.35. The van der Waals surface area contributed by atoms with Crippen molar-refractivity contribution in [2.75, 3.05) is 12.4 Å². The van der Waals surface area contributed by atoms with Gasteiger partial charge >= 0.3 is 12.2 Å². The quantitative estimate of drug-likeness (QED) is 0.490. The Morgan fingerprint density at radius 3 is 2.67 bits per heavy atom. The Bertz CT molecular complexity index is 1510. The van der Waals surface area contributed by atoms with E-state index in [1.165, 1.54) is 47.6 Å². The molecule has 5 heterocycles. The molecule has 4 amide bonds. The summed E-state index contributed by atoms with van der Waals surface area (Å²) < 4.78 is 44.4. The van der Waals surface area contributed by atoms with Gasteiger partial charge in [-0.15, -0.1) is 0 Å². The summed E-state index contributed by atoms with van der Waals surface area (Å²) in [6, 6.07) is 4.58. The van der Waals surface area contributed by atoms with Gasteiger partial charge in [0.2, 0.25) is 5.91 Å². The number of aryl methyl sites for hydroxylation is 1. The number of rotatable bonds is 6. The molecule has 2 aliphatic rings. The van der Waals surface area contributed by atoms with Crippen LogP contribution in [0.4, 0.5) is 23.8 Å². The van der Waals surface area contributed by atoms with E-state index in [0.717, 1.165) is 11.0 Å². The standard InChI is InChI=1S/C25H23F3N8O4/c1-13-7-17(33-40-13)11-35-23(38)20-21(34(3)24(35)39)30-12-36(20)14(2)22(37)32-19-6-4-5-18(31-19)15-8-16(10-29-9-15)25(26,27)28/h4-10,12,14,20-21H,11H2,1-3H3,(H,31,32,37)/t14-,20?,21?/m0/s1. The van der Waals surface area contributed by atoms with E-state index in [1.807, 2.05) is 0 Å². The highest BCUT2D eigenvalue weighted by molar-refractivity contribution is 6.03. The van der Waals surface area contributed by atoms with Crippen molar-refractivity contribution in [1.29, 1.82) is 0 Å². The number of likely N-dealkylation sites (N-methyl/N-ethyl adjacent to an activating group) is 1. The molecule has 0 aliphatic carbocycles. The van der Waals surface area contributed by atoms with E-state index in [9.17, 15) is 27.6 Å². The van der Waals surface area contributed by atoms with Crippen molar-refractivity contribution >= 4 is 30.0 Å². The highest BCUT2D eigenvalue weighted by Crippen LogP contribution is 2.31. The number of fused-ring (bicyclic) bond motifs is 1. The molecule has 0 saturated carbocycles. The fourth-order valence-corrected chi connectivity index (χ4v) is 4.48. The molecule has 0 spiro atoms. The van der Waals surface area contributed by atoms with Crippen molar-refractivity contribution < 1.29 is 32.1 Å². The molecule has 0 radical (unpaired) electrons. The van der Waals surface area contributed by atoms with Crippen LogP contribution in [0.25, 0.3) is 11.3 Å². The fraction of sp³-hybridized carbons (Fsp3) is 0.320. The van der Waals surface area contributed by atoms with E-state index in [1.54, 1.807) is 19.9 Å². The Balaban J connectivity index is 1.32. The Morgan fingerprint density at radius 2 is 1.98 bits per heavy atom. The maximum Gasteiger partial charge on any atom is 0.417 e. The summed E-state index contributed by atoms with van der Waals surface area (Å²) in [5.41, 5.74) is -0.236. The zero-order valence-electron chi connectivity index (χ0n) is 21.5. The molecule has 1 N–H and O–H groups in total. The van der Waals surface area contributed by atoms with Gasteiger partial charge in [-0.1, -0.05) is 11.2 Å². The van der Waals surface area contributed by atoms with E-state index in [0.29, 0.717) is 17.7 Å². The van der Waals surface area contributed by atoms with Gasteiger partial charge in [-0.25, -0.2) is 14.8 Å². The number of pyridine rings is 2. The summed E-state index contributed by atoms with van der Waals surface area (Å²) >= 11 is 0. The zero-order chi connectivity index (χ0) is 28.8. The summed E-state index contributed by atoms with van der Waals surface area (Å²) in [6.07, 6.45) is -2.10. The van der Waals surface area contributed by atoms with Crippen LogP contribution in [0.5, 0.6) is 0 Å². The molecule has 5 rings (SSSR count). The minimum atomic E-state index is -4.57. The lowest BCUT2D eigenvalue weighted by atomic mass is 10.1. The Hall–Kier alpha value is -4.82. The number of aliphatic imine (C=N–C) groups is 1. The average Bonchev–Trinajstić information content (AvgIpc) is 3.55. The van der Waals surface area contributed by atoms with Crippen LogP contribution in [0.15, 0.2) is 52.2 Å². The first-order chi connectivity index (χ1) is 18.9. The van der Waals surface area contributed by atoms with Crippen LogP contribution in [0.1, 0.15) is 23.9 Å². The largest absolute Gasteiger partial charge is 0.417 e. The van der Waals surface area contributed by atoms with E-state index < -0.39 is 47.8 Å². The second-order valence-electron chi connectivity index (χ2n) is 9.35. The van der Waals surface area contributed by atoms with Gasteiger partial charge in [-0.3, -0.25) is 19.5 Å². The number of nitrogens with zero attached hydrogens (tertiary/aromatic N) is 7. The van der Waals surface area contributed by atoms with Gasteiger partial charge in [0.25, 0.3) is 5.91 Å². The molecule has 15 heteroatoms. The zero-order valence-corrected chi connectivity index (χ0v) is 21.5. The predicted octanol–water partition coefficient (Wildman–Crippen LogP) is 2.92. The van der Waals surface area contributed by atoms with Crippen LogP contribution in [-0.4, -0.2) is 79.3 Å². The van der Waals surface area contributed by atoms with Crippen molar-refractivity contribution in [3.05, 3.63) is 59.7 Å². The molecule has 3 aromatic heterocycles. The first kappa shape index (κ1) is 26.8. The molecule has 0 bridgehead atoms. The number of imide groups is 1. The first-order valence-corrected chi connectivity index (χ1v) is 12.1. The Labute approximate surface area is 225 Å². The monoisotopic (exact) mass is 556 g/mol. The van der Waals surface area contributed by atoms with Crippen LogP contribution in [0.3, 0.4) is 0 Å². The lowest BCUT2D eigenvalue weighted by Crippen LogP contribution is -2.66. The Morgan fingerprint density at radius 1 is 1.20 bits per heavy atom. The first-order valence-electron chi connectivity index (χ1n) is 12.1. The molecular weight excluding hydrogens is 533 g/mol. The number of alkyl halides is 3. The minimum Gasteiger partial charge on any atom is -0.361 e. The van der Waals surface area contributed by atoms with Crippen LogP contribution >= 0.6 is 0 Å². The smallest absolute Gasteiger partial charge is 0.361 e. The number of hydrogen-bond donors (Lipinski definition) is 1. The molecular formula is C25H23F3N8O4. The number of urea groups is 1. The van der Waals surface area contributed by atoms with Crippen LogP contribution in [0, 0.1) is 6.92 Å². The summed E-state index contributed by atoms with van der Waals surface area (Å²) in [4.78, 5) is 55.5. The van der Waals surface area contributed by atoms with E-state index >= 15 is 0 Å². The summed E-state index contributed by atoms with van der Waals surface area (Å²) in [5.74, 6) is -0.492. The minimum absolute atomic E-state index is 0.0877. The number of anilines is 1. The highest BCUT2D eigenvalue weighted by Gasteiger charge is 2.51. The third kappa shape index (κ3) is 4.97. The number of carbonyl (C=O) groups excluding carboxylic acids is 3. The molecule has 2 unspecified atom stereocenters. The van der Waals surface area contributed by atoms with Crippen LogP contribution in [-0.2, 0) is 22.3 Å². The molecule has 2 aliphatic heterocycles. The summed E-state index contributed by atoms with van der Waals surface area (Å²) in [6.45, 7) is 3.13. The molecule has 12 nitrogen and oxygen atoms in total. The number of halogens is 3. The number of aromatic nitrogens is 3. The topological polar surface area (TPSA) is 137 Å². The molecule has 3 atom stereocenters. The van der Waals surface area contributed by atoms with Crippen LogP contribution < -0.4 is 5.32 Å². The third-order valence-electron chi connectivity index (χ3n) is 6.59. The van der Waals surface area contributed by atoms with E-state index in [2.05, 4.69) is 25.4 Å². The number of carbonyl (C=O) groups is 3. The van der Waals surface area contributed by atoms with Crippen molar-refractivity contribution in [1.82, 2.24) is 29.8 Å². The van der Waals surface area contributed by atoms with Crippen molar-refractivity contribution in [3.63, 3.8) is 0 Å². The van der Waals surface area contributed by atoms with Crippen molar-refractivity contribution in [2.24, 2.45) is 4.99 Å². The van der Waals surface area contributed by atoms with Gasteiger partial charge in [-0.05, 0) is 32.0 Å². The molecule has 208 valence electrons. The van der Waals surface area contributed by atoms with Gasteiger partial charge in [0.1, 0.15) is 23.3 Å². The molecule has 1 fully saturated rings. The molecule has 3 aromatic rings. The lowest BCUT2D eigenvalue weighted by molar-refractivity contribution is -0.139. The van der Waals surface area contributed by atoms with Crippen molar-refractivity contribution in [2.45, 2.75) is 44.8 Å². The third-order valence-corrected chi connectivity index (χ3v) is 6.59. The Kier molecular flexibility index (Phi) is 6.73. The average molecular weight is 557 g/mol. The maximum atomic E-state index is 13.4. The molecule has 40 heavy (non-hydrogen) atoms. The van der Waals surface area contributed by atoms with Gasteiger partial charge in [0, 0.05) is 31.1 Å². The lowest BCUT2D eigenvalue weighted by Gasteiger charge is -2.42.